The third-order valence-electron chi connectivity index (χ3n) is 2.54. The summed E-state index contributed by atoms with van der Waals surface area (Å²) in [6.45, 7) is 0.648. The topological polar surface area (TPSA) is 28.4 Å². The molecule has 2 aromatic rings. The maximum absolute atomic E-state index is 5.53. The Balaban J connectivity index is 2.10. The molecule has 3 nitrogen and oxygen atoms in total. The highest BCUT2D eigenvalue weighted by molar-refractivity contribution is 9.13. The molecule has 0 aliphatic carbocycles. The van der Waals surface area contributed by atoms with E-state index < -0.39 is 0 Å². The van der Waals surface area contributed by atoms with Gasteiger partial charge in [0.05, 0.1) is 22.4 Å². The lowest BCUT2D eigenvalue weighted by atomic mass is 10.2. The molecule has 5 heteroatoms. The van der Waals surface area contributed by atoms with Gasteiger partial charge in [-0.25, -0.2) is 0 Å². The van der Waals surface area contributed by atoms with Crippen molar-refractivity contribution < 1.29 is 4.42 Å². The number of anilines is 2. The summed E-state index contributed by atoms with van der Waals surface area (Å²) in [4.78, 5) is 2.08. The van der Waals surface area contributed by atoms with Crippen LogP contribution >= 0.6 is 31.9 Å². The number of halogens is 2. The van der Waals surface area contributed by atoms with Crippen LogP contribution in [0.3, 0.4) is 0 Å². The predicted octanol–water partition coefficient (Wildman–Crippen LogP) is 4.48. The van der Waals surface area contributed by atoms with Crippen LogP contribution in [0.25, 0.3) is 0 Å². The van der Waals surface area contributed by atoms with Crippen molar-refractivity contribution in [2.45, 2.75) is 6.54 Å². The summed E-state index contributed by atoms with van der Waals surface area (Å²) >= 11 is 6.73. The van der Waals surface area contributed by atoms with Gasteiger partial charge >= 0.3 is 0 Å². The van der Waals surface area contributed by atoms with Crippen LogP contribution in [-0.4, -0.2) is 14.1 Å². The second-order valence-corrected chi connectivity index (χ2v) is 5.67. The lowest BCUT2D eigenvalue weighted by molar-refractivity contribution is 0.494. The van der Waals surface area contributed by atoms with Crippen molar-refractivity contribution in [3.63, 3.8) is 0 Å². The van der Waals surface area contributed by atoms with E-state index in [-0.39, 0.29) is 0 Å². The minimum Gasteiger partial charge on any atom is -0.451 e. The molecule has 96 valence electrons. The van der Waals surface area contributed by atoms with Crippen molar-refractivity contribution in [2.24, 2.45) is 0 Å². The van der Waals surface area contributed by atoms with Crippen LogP contribution in [0, 0.1) is 0 Å². The van der Waals surface area contributed by atoms with E-state index in [4.69, 9.17) is 4.42 Å². The first-order valence-electron chi connectivity index (χ1n) is 5.52. The minimum atomic E-state index is 0.648. The number of benzene rings is 1. The summed E-state index contributed by atoms with van der Waals surface area (Å²) in [5, 5.41) is 3.37. The quantitative estimate of drug-likeness (QED) is 0.856. The Kier molecular flexibility index (Phi) is 4.35. The zero-order chi connectivity index (χ0) is 13.1. The number of furan rings is 1. The zero-order valence-electron chi connectivity index (χ0n) is 10.2. The van der Waals surface area contributed by atoms with Crippen LogP contribution < -0.4 is 10.2 Å². The molecule has 0 radical (unpaired) electrons. The van der Waals surface area contributed by atoms with Crippen molar-refractivity contribution >= 4 is 43.2 Å². The van der Waals surface area contributed by atoms with Gasteiger partial charge < -0.3 is 14.6 Å². The van der Waals surface area contributed by atoms with Crippen LogP contribution in [0.2, 0.25) is 0 Å². The number of nitrogens with zero attached hydrogens (tertiary/aromatic N) is 1. The van der Waals surface area contributed by atoms with Crippen molar-refractivity contribution in [1.82, 2.24) is 0 Å². The Morgan fingerprint density at radius 1 is 1.22 bits per heavy atom. The first kappa shape index (κ1) is 13.5. The smallest absolute Gasteiger partial charge is 0.183 e. The normalized spacial score (nSPS) is 10.4. The first-order chi connectivity index (χ1) is 8.58. The van der Waals surface area contributed by atoms with Crippen LogP contribution in [0.4, 0.5) is 11.4 Å². The van der Waals surface area contributed by atoms with Crippen LogP contribution in [0.1, 0.15) is 5.76 Å². The van der Waals surface area contributed by atoms with Gasteiger partial charge in [-0.2, -0.15) is 0 Å². The van der Waals surface area contributed by atoms with E-state index in [0.29, 0.717) is 6.54 Å². The van der Waals surface area contributed by atoms with Gasteiger partial charge in [-0.1, -0.05) is 12.1 Å². The minimum absolute atomic E-state index is 0.648. The van der Waals surface area contributed by atoms with E-state index in [9.17, 15) is 0 Å². The maximum Gasteiger partial charge on any atom is 0.183 e. The van der Waals surface area contributed by atoms with E-state index >= 15 is 0 Å². The number of rotatable bonds is 4. The van der Waals surface area contributed by atoms with E-state index in [1.807, 2.05) is 32.3 Å². The molecule has 0 atom stereocenters. The van der Waals surface area contributed by atoms with E-state index in [0.717, 1.165) is 26.3 Å². The van der Waals surface area contributed by atoms with E-state index in [2.05, 4.69) is 54.2 Å². The lowest BCUT2D eigenvalue weighted by Gasteiger charge is -2.17. The molecular weight excluding hydrogens is 360 g/mol. The van der Waals surface area contributed by atoms with Gasteiger partial charge in [0.2, 0.25) is 0 Å². The molecule has 0 aliphatic heterocycles. The van der Waals surface area contributed by atoms with Gasteiger partial charge in [0.1, 0.15) is 5.76 Å². The Morgan fingerprint density at radius 3 is 2.56 bits per heavy atom. The third-order valence-corrected chi connectivity index (χ3v) is 4.25. The standard InChI is InChI=1S/C13H14Br2N2O/c1-17(2)12-6-4-3-5-11(12)16-8-9-7-10(14)13(15)18-9/h3-7,16H,8H2,1-2H3. The summed E-state index contributed by atoms with van der Waals surface area (Å²) in [6.07, 6.45) is 0. The Bertz CT molecular complexity index is 518. The maximum atomic E-state index is 5.53. The van der Waals surface area contributed by atoms with Crippen LogP contribution in [0.5, 0.6) is 0 Å². The molecule has 0 aliphatic rings. The molecule has 0 fully saturated rings. The molecule has 18 heavy (non-hydrogen) atoms. The van der Waals surface area contributed by atoms with Gasteiger partial charge in [0.25, 0.3) is 0 Å². The summed E-state index contributed by atoms with van der Waals surface area (Å²) in [7, 11) is 4.06. The van der Waals surface area contributed by atoms with Gasteiger partial charge in [-0.15, -0.1) is 0 Å². The fraction of sp³-hybridized carbons (Fsp3) is 0.231. The zero-order valence-corrected chi connectivity index (χ0v) is 13.4. The SMILES string of the molecule is CN(C)c1ccccc1NCc1cc(Br)c(Br)o1. The van der Waals surface area contributed by atoms with Crippen molar-refractivity contribution in [1.29, 1.82) is 0 Å². The predicted molar refractivity (Wildman–Crippen MR) is 82.2 cm³/mol. The van der Waals surface area contributed by atoms with E-state index in [1.54, 1.807) is 0 Å². The molecular formula is C13H14Br2N2O. The van der Waals surface area contributed by atoms with Crippen molar-refractivity contribution in [3.05, 3.63) is 45.2 Å². The molecule has 0 saturated heterocycles. The highest BCUT2D eigenvalue weighted by Crippen LogP contribution is 2.28. The average molecular weight is 374 g/mol. The largest absolute Gasteiger partial charge is 0.451 e. The van der Waals surface area contributed by atoms with Crippen molar-refractivity contribution in [3.8, 4) is 0 Å². The number of hydrogen-bond acceptors (Lipinski definition) is 3. The molecule has 1 heterocycles. The van der Waals surface area contributed by atoms with E-state index in [1.165, 1.54) is 0 Å². The molecule has 1 N–H and O–H groups in total. The highest BCUT2D eigenvalue weighted by Gasteiger charge is 2.07. The van der Waals surface area contributed by atoms with Gasteiger partial charge in [0.15, 0.2) is 4.67 Å². The van der Waals surface area contributed by atoms with Gasteiger partial charge in [-0.05, 0) is 50.1 Å². The molecule has 0 spiro atoms. The molecule has 1 aromatic heterocycles. The Morgan fingerprint density at radius 2 is 1.94 bits per heavy atom. The third kappa shape index (κ3) is 3.09. The summed E-state index contributed by atoms with van der Waals surface area (Å²) in [5.74, 6) is 0.877. The van der Waals surface area contributed by atoms with Gasteiger partial charge in [-0.3, -0.25) is 0 Å². The summed E-state index contributed by atoms with van der Waals surface area (Å²) < 4.78 is 7.18. The number of hydrogen-bond donors (Lipinski definition) is 1. The molecule has 0 unspecified atom stereocenters. The number of nitrogens with one attached hydrogen (secondary N) is 1. The molecule has 0 bridgehead atoms. The van der Waals surface area contributed by atoms with Gasteiger partial charge in [0, 0.05) is 14.1 Å². The Hall–Kier alpha value is -0.940. The molecule has 0 saturated carbocycles. The van der Waals surface area contributed by atoms with Crippen LogP contribution in [0.15, 0.2) is 43.9 Å². The lowest BCUT2D eigenvalue weighted by Crippen LogP contribution is -2.11. The fourth-order valence-electron chi connectivity index (χ4n) is 1.67. The molecule has 1 aromatic carbocycles. The number of para-hydroxylation sites is 2. The molecule has 0 amide bonds. The van der Waals surface area contributed by atoms with Crippen molar-refractivity contribution in [2.75, 3.05) is 24.3 Å². The fourth-order valence-corrected chi connectivity index (χ4v) is 2.33. The second kappa shape index (κ2) is 5.80. The second-order valence-electron chi connectivity index (χ2n) is 4.10. The average Bonchev–Trinajstić information content (AvgIpc) is 2.66. The first-order valence-corrected chi connectivity index (χ1v) is 7.10. The monoisotopic (exact) mass is 372 g/mol. The summed E-state index contributed by atoms with van der Waals surface area (Å²) in [5.41, 5.74) is 2.24. The summed E-state index contributed by atoms with van der Waals surface area (Å²) in [6, 6.07) is 10.1. The Labute approximate surface area is 123 Å². The molecule has 2 rings (SSSR count). The van der Waals surface area contributed by atoms with Crippen LogP contribution in [-0.2, 0) is 6.54 Å². The highest BCUT2D eigenvalue weighted by atomic mass is 79.9.